The Balaban J connectivity index is 1.32. The number of ether oxygens (including phenoxy) is 1. The molecule has 1 saturated heterocycles. The zero-order valence-corrected chi connectivity index (χ0v) is 17.8. The van der Waals surface area contributed by atoms with Gasteiger partial charge in [-0.2, -0.15) is 0 Å². The molecule has 0 aliphatic carbocycles. The Morgan fingerprint density at radius 1 is 1.03 bits per heavy atom. The van der Waals surface area contributed by atoms with Gasteiger partial charge in [0, 0.05) is 12.2 Å². The van der Waals surface area contributed by atoms with Crippen LogP contribution in [0.5, 0.6) is 0 Å². The molecule has 162 valence electrons. The average Bonchev–Trinajstić information content (AvgIpc) is 3.41. The van der Waals surface area contributed by atoms with E-state index in [0.717, 1.165) is 29.2 Å². The van der Waals surface area contributed by atoms with Crippen molar-refractivity contribution in [3.63, 3.8) is 0 Å². The van der Waals surface area contributed by atoms with Gasteiger partial charge in [-0.1, -0.05) is 36.4 Å². The summed E-state index contributed by atoms with van der Waals surface area (Å²) in [6, 6.07) is 18.6. The standard InChI is InChI=1S/C26H24N2O4/c1-16(18-9-8-17-5-2-3-6-19(17)13-18)27-24(29)20-10-11-22-23(14-20)26(31)28(25(22)30)15-21-7-4-12-32-21/h2-3,5-6,8-11,13-14,16,21H,4,7,12,15H2,1H3,(H,27,29). The van der Waals surface area contributed by atoms with Gasteiger partial charge in [0.15, 0.2) is 0 Å². The number of benzene rings is 3. The predicted molar refractivity (Wildman–Crippen MR) is 121 cm³/mol. The van der Waals surface area contributed by atoms with Crippen LogP contribution in [0.2, 0.25) is 0 Å². The molecule has 2 aliphatic rings. The minimum atomic E-state index is -0.363. The lowest BCUT2D eigenvalue weighted by Crippen LogP contribution is -2.36. The summed E-state index contributed by atoms with van der Waals surface area (Å²) >= 11 is 0. The second-order valence-electron chi connectivity index (χ2n) is 8.42. The van der Waals surface area contributed by atoms with Gasteiger partial charge >= 0.3 is 0 Å². The molecule has 2 heterocycles. The van der Waals surface area contributed by atoms with E-state index in [0.29, 0.717) is 17.7 Å². The van der Waals surface area contributed by atoms with Gasteiger partial charge in [-0.05, 0) is 60.4 Å². The Morgan fingerprint density at radius 3 is 2.59 bits per heavy atom. The van der Waals surface area contributed by atoms with Crippen LogP contribution >= 0.6 is 0 Å². The van der Waals surface area contributed by atoms with Crippen LogP contribution < -0.4 is 5.32 Å². The molecule has 2 atom stereocenters. The first-order valence-corrected chi connectivity index (χ1v) is 10.9. The van der Waals surface area contributed by atoms with Crippen molar-refractivity contribution in [2.24, 2.45) is 0 Å². The van der Waals surface area contributed by atoms with Gasteiger partial charge in [0.1, 0.15) is 0 Å². The third-order valence-electron chi connectivity index (χ3n) is 6.26. The van der Waals surface area contributed by atoms with Crippen molar-refractivity contribution in [1.29, 1.82) is 0 Å². The largest absolute Gasteiger partial charge is 0.376 e. The van der Waals surface area contributed by atoms with E-state index in [4.69, 9.17) is 4.74 Å². The Labute approximate surface area is 186 Å². The molecule has 1 fully saturated rings. The topological polar surface area (TPSA) is 75.7 Å². The Bertz CT molecular complexity index is 1230. The highest BCUT2D eigenvalue weighted by Crippen LogP contribution is 2.27. The fourth-order valence-corrected chi connectivity index (χ4v) is 4.43. The number of imide groups is 1. The molecule has 32 heavy (non-hydrogen) atoms. The summed E-state index contributed by atoms with van der Waals surface area (Å²) in [7, 11) is 0. The summed E-state index contributed by atoms with van der Waals surface area (Å²) in [5.74, 6) is -0.971. The van der Waals surface area contributed by atoms with Gasteiger partial charge in [-0.15, -0.1) is 0 Å². The lowest BCUT2D eigenvalue weighted by atomic mass is 10.0. The number of amides is 3. The van der Waals surface area contributed by atoms with Crippen LogP contribution in [0.15, 0.2) is 60.7 Å². The van der Waals surface area contributed by atoms with E-state index in [2.05, 4.69) is 11.4 Å². The molecular weight excluding hydrogens is 404 g/mol. The molecule has 0 aromatic heterocycles. The SMILES string of the molecule is CC(NC(=O)c1ccc2c(c1)C(=O)N(CC1CCCO1)C2=O)c1ccc2ccccc2c1. The maximum absolute atomic E-state index is 12.9. The van der Waals surface area contributed by atoms with Crippen LogP contribution in [-0.4, -0.2) is 41.9 Å². The summed E-state index contributed by atoms with van der Waals surface area (Å²) in [5, 5.41) is 5.25. The summed E-state index contributed by atoms with van der Waals surface area (Å²) in [4.78, 5) is 39.7. The Morgan fingerprint density at radius 2 is 1.81 bits per heavy atom. The normalized spacial score (nSPS) is 18.8. The van der Waals surface area contributed by atoms with E-state index in [1.165, 1.54) is 11.0 Å². The van der Waals surface area contributed by atoms with Crippen LogP contribution in [0.3, 0.4) is 0 Å². The first-order valence-electron chi connectivity index (χ1n) is 10.9. The Kier molecular flexibility index (Phi) is 5.23. The highest BCUT2D eigenvalue weighted by Gasteiger charge is 2.38. The van der Waals surface area contributed by atoms with Crippen molar-refractivity contribution in [2.75, 3.05) is 13.2 Å². The third kappa shape index (κ3) is 3.67. The van der Waals surface area contributed by atoms with E-state index in [9.17, 15) is 14.4 Å². The number of fused-ring (bicyclic) bond motifs is 2. The van der Waals surface area contributed by atoms with E-state index in [-0.39, 0.29) is 42.0 Å². The second-order valence-corrected chi connectivity index (χ2v) is 8.42. The fraction of sp³-hybridized carbons (Fsp3) is 0.269. The molecule has 2 aliphatic heterocycles. The van der Waals surface area contributed by atoms with Gasteiger partial charge in [0.25, 0.3) is 17.7 Å². The lowest BCUT2D eigenvalue weighted by Gasteiger charge is -2.17. The van der Waals surface area contributed by atoms with E-state index in [1.807, 2.05) is 43.3 Å². The van der Waals surface area contributed by atoms with Crippen molar-refractivity contribution in [3.05, 3.63) is 82.9 Å². The van der Waals surface area contributed by atoms with Gasteiger partial charge in [-0.3, -0.25) is 19.3 Å². The molecule has 5 rings (SSSR count). The molecule has 2 unspecified atom stereocenters. The quantitative estimate of drug-likeness (QED) is 0.621. The number of rotatable bonds is 5. The molecule has 0 bridgehead atoms. The number of carbonyl (C=O) groups excluding carboxylic acids is 3. The van der Waals surface area contributed by atoms with Crippen molar-refractivity contribution in [1.82, 2.24) is 10.2 Å². The number of hydrogen-bond donors (Lipinski definition) is 1. The minimum Gasteiger partial charge on any atom is -0.376 e. The monoisotopic (exact) mass is 428 g/mol. The predicted octanol–water partition coefficient (Wildman–Crippen LogP) is 4.11. The first-order chi connectivity index (χ1) is 15.5. The zero-order chi connectivity index (χ0) is 22.2. The summed E-state index contributed by atoms with van der Waals surface area (Å²) in [6.07, 6.45) is 1.67. The van der Waals surface area contributed by atoms with Crippen LogP contribution in [0.25, 0.3) is 10.8 Å². The van der Waals surface area contributed by atoms with Crippen molar-refractivity contribution < 1.29 is 19.1 Å². The first kappa shape index (κ1) is 20.4. The molecule has 6 nitrogen and oxygen atoms in total. The molecule has 3 aromatic carbocycles. The molecule has 0 spiro atoms. The van der Waals surface area contributed by atoms with Gasteiger partial charge < -0.3 is 10.1 Å². The van der Waals surface area contributed by atoms with Crippen molar-refractivity contribution >= 4 is 28.5 Å². The maximum Gasteiger partial charge on any atom is 0.261 e. The average molecular weight is 428 g/mol. The molecule has 3 aromatic rings. The second kappa shape index (κ2) is 8.20. The van der Waals surface area contributed by atoms with Crippen molar-refractivity contribution in [3.8, 4) is 0 Å². The molecule has 0 saturated carbocycles. The number of nitrogens with zero attached hydrogens (tertiary/aromatic N) is 1. The maximum atomic E-state index is 12.9. The molecule has 3 amide bonds. The molecule has 6 heteroatoms. The number of hydrogen-bond acceptors (Lipinski definition) is 4. The van der Waals surface area contributed by atoms with Crippen molar-refractivity contribution in [2.45, 2.75) is 31.9 Å². The lowest BCUT2D eigenvalue weighted by molar-refractivity contribution is 0.0475. The third-order valence-corrected chi connectivity index (χ3v) is 6.26. The fourth-order valence-electron chi connectivity index (χ4n) is 4.43. The van der Waals surface area contributed by atoms with Gasteiger partial charge in [0.05, 0.1) is 29.8 Å². The summed E-state index contributed by atoms with van der Waals surface area (Å²) in [5.41, 5.74) is 1.97. The van der Waals surface area contributed by atoms with Gasteiger partial charge in [-0.25, -0.2) is 0 Å². The zero-order valence-electron chi connectivity index (χ0n) is 17.8. The van der Waals surface area contributed by atoms with Crippen LogP contribution in [0, 0.1) is 0 Å². The number of nitrogens with one attached hydrogen (secondary N) is 1. The summed E-state index contributed by atoms with van der Waals surface area (Å²) in [6.45, 7) is 2.84. The van der Waals surface area contributed by atoms with Crippen LogP contribution in [0.1, 0.15) is 62.4 Å². The van der Waals surface area contributed by atoms with E-state index >= 15 is 0 Å². The van der Waals surface area contributed by atoms with E-state index in [1.54, 1.807) is 12.1 Å². The number of carbonyl (C=O) groups is 3. The molecule has 1 N–H and O–H groups in total. The van der Waals surface area contributed by atoms with Crippen LogP contribution in [-0.2, 0) is 4.74 Å². The molecular formula is C26H24N2O4. The van der Waals surface area contributed by atoms with Gasteiger partial charge in [0.2, 0.25) is 0 Å². The molecule has 0 radical (unpaired) electrons. The summed E-state index contributed by atoms with van der Waals surface area (Å²) < 4.78 is 5.57. The Hall–Kier alpha value is -3.51. The van der Waals surface area contributed by atoms with Crippen LogP contribution in [0.4, 0.5) is 0 Å². The highest BCUT2D eigenvalue weighted by molar-refractivity contribution is 6.22. The minimum absolute atomic E-state index is 0.109. The van der Waals surface area contributed by atoms with E-state index < -0.39 is 0 Å². The highest BCUT2D eigenvalue weighted by atomic mass is 16.5. The smallest absolute Gasteiger partial charge is 0.261 e.